The fraction of sp³-hybridized carbons (Fsp3) is 1.00. The number of nitrogens with one attached hydrogen (secondary N) is 1. The second-order valence-electron chi connectivity index (χ2n) is 5.14. The summed E-state index contributed by atoms with van der Waals surface area (Å²) in [5.74, 6) is 2.09. The maximum atomic E-state index is 3.76. The molecule has 2 aliphatic carbocycles. The van der Waals surface area contributed by atoms with E-state index in [2.05, 4.69) is 19.2 Å². The monoisotopic (exact) mass is 181 g/mol. The van der Waals surface area contributed by atoms with Crippen LogP contribution in [-0.2, 0) is 0 Å². The summed E-state index contributed by atoms with van der Waals surface area (Å²) in [6.07, 6.45) is 8.66. The smallest absolute Gasteiger partial charge is 0.0102 e. The van der Waals surface area contributed by atoms with Crippen molar-refractivity contribution in [1.82, 2.24) is 5.32 Å². The molecule has 13 heavy (non-hydrogen) atoms. The minimum absolute atomic E-state index is 0.777. The molecule has 1 N–H and O–H groups in total. The van der Waals surface area contributed by atoms with Crippen molar-refractivity contribution in [1.29, 1.82) is 0 Å². The Labute approximate surface area is 82.3 Å². The van der Waals surface area contributed by atoms with Gasteiger partial charge in [0, 0.05) is 12.1 Å². The fourth-order valence-electron chi connectivity index (χ4n) is 2.43. The van der Waals surface area contributed by atoms with Crippen LogP contribution in [0, 0.1) is 11.8 Å². The van der Waals surface area contributed by atoms with Crippen molar-refractivity contribution in [2.75, 3.05) is 0 Å². The number of hydrogen-bond donors (Lipinski definition) is 1. The first-order valence-corrected chi connectivity index (χ1v) is 6.05. The molecule has 3 unspecified atom stereocenters. The Morgan fingerprint density at radius 2 is 2.15 bits per heavy atom. The molecular weight excluding hydrogens is 158 g/mol. The molecule has 0 radical (unpaired) electrons. The predicted octanol–water partition coefficient (Wildman–Crippen LogP) is 2.95. The SMILES string of the molecule is CCCC1CC1NC(C)CC1CC1. The maximum Gasteiger partial charge on any atom is 0.0102 e. The van der Waals surface area contributed by atoms with Crippen molar-refractivity contribution in [3.05, 3.63) is 0 Å². The third-order valence-electron chi connectivity index (χ3n) is 3.46. The van der Waals surface area contributed by atoms with E-state index < -0.39 is 0 Å². The zero-order valence-corrected chi connectivity index (χ0v) is 9.05. The van der Waals surface area contributed by atoms with E-state index in [-0.39, 0.29) is 0 Å². The molecule has 0 spiro atoms. The lowest BCUT2D eigenvalue weighted by Gasteiger charge is -2.12. The molecule has 0 bridgehead atoms. The summed E-state index contributed by atoms with van der Waals surface area (Å²) in [5, 5.41) is 3.76. The van der Waals surface area contributed by atoms with Gasteiger partial charge >= 0.3 is 0 Å². The first kappa shape index (κ1) is 9.51. The topological polar surface area (TPSA) is 12.0 Å². The highest BCUT2D eigenvalue weighted by atomic mass is 15.0. The highest BCUT2D eigenvalue weighted by molar-refractivity contribution is 4.94. The molecule has 2 aliphatic rings. The first-order valence-electron chi connectivity index (χ1n) is 6.05. The van der Waals surface area contributed by atoms with E-state index in [1.807, 2.05) is 0 Å². The van der Waals surface area contributed by atoms with E-state index in [9.17, 15) is 0 Å². The van der Waals surface area contributed by atoms with Gasteiger partial charge in [-0.15, -0.1) is 0 Å². The van der Waals surface area contributed by atoms with E-state index in [1.54, 1.807) is 0 Å². The maximum absolute atomic E-state index is 3.76. The van der Waals surface area contributed by atoms with Crippen LogP contribution in [0.4, 0.5) is 0 Å². The lowest BCUT2D eigenvalue weighted by molar-refractivity contribution is 0.466. The summed E-state index contributed by atoms with van der Waals surface area (Å²) in [6, 6.07) is 1.66. The molecule has 0 amide bonds. The zero-order chi connectivity index (χ0) is 9.26. The van der Waals surface area contributed by atoms with Crippen LogP contribution in [-0.4, -0.2) is 12.1 Å². The van der Waals surface area contributed by atoms with E-state index in [0.29, 0.717) is 0 Å². The summed E-state index contributed by atoms with van der Waals surface area (Å²) in [5.41, 5.74) is 0. The average molecular weight is 181 g/mol. The first-order chi connectivity index (χ1) is 6.29. The third-order valence-corrected chi connectivity index (χ3v) is 3.46. The number of rotatable bonds is 6. The summed E-state index contributed by atoms with van der Waals surface area (Å²) in [4.78, 5) is 0. The molecule has 2 fully saturated rings. The average Bonchev–Trinajstić information content (AvgIpc) is 2.92. The second kappa shape index (κ2) is 4.00. The van der Waals surface area contributed by atoms with E-state index in [0.717, 1.165) is 23.9 Å². The van der Waals surface area contributed by atoms with Crippen LogP contribution in [0.15, 0.2) is 0 Å². The van der Waals surface area contributed by atoms with Crippen LogP contribution >= 0.6 is 0 Å². The molecule has 0 heterocycles. The largest absolute Gasteiger partial charge is 0.311 e. The molecule has 0 aromatic rings. The van der Waals surface area contributed by atoms with Crippen molar-refractivity contribution < 1.29 is 0 Å². The Bertz CT molecular complexity index is 163. The van der Waals surface area contributed by atoms with Crippen LogP contribution in [0.2, 0.25) is 0 Å². The van der Waals surface area contributed by atoms with Crippen molar-refractivity contribution in [2.24, 2.45) is 11.8 Å². The Kier molecular flexibility index (Phi) is 2.92. The van der Waals surface area contributed by atoms with Gasteiger partial charge in [0.05, 0.1) is 0 Å². The summed E-state index contributed by atoms with van der Waals surface area (Å²) in [6.45, 7) is 4.66. The fourth-order valence-corrected chi connectivity index (χ4v) is 2.43. The summed E-state index contributed by atoms with van der Waals surface area (Å²) >= 11 is 0. The van der Waals surface area contributed by atoms with Gasteiger partial charge < -0.3 is 5.32 Å². The molecule has 0 aromatic carbocycles. The molecule has 0 saturated heterocycles. The minimum Gasteiger partial charge on any atom is -0.311 e. The van der Waals surface area contributed by atoms with Gasteiger partial charge in [-0.1, -0.05) is 26.2 Å². The van der Waals surface area contributed by atoms with E-state index in [1.165, 1.54) is 38.5 Å². The minimum atomic E-state index is 0.777. The standard InChI is InChI=1S/C12H23N/c1-3-4-11-8-12(11)13-9(2)7-10-5-6-10/h9-13H,3-8H2,1-2H3. The molecule has 2 saturated carbocycles. The summed E-state index contributed by atoms with van der Waals surface area (Å²) in [7, 11) is 0. The van der Waals surface area contributed by atoms with Crippen LogP contribution < -0.4 is 5.32 Å². The number of hydrogen-bond acceptors (Lipinski definition) is 1. The highest BCUT2D eigenvalue weighted by Crippen LogP contribution is 2.37. The van der Waals surface area contributed by atoms with Gasteiger partial charge in [-0.25, -0.2) is 0 Å². The molecular formula is C12H23N. The Hall–Kier alpha value is -0.0400. The van der Waals surface area contributed by atoms with Crippen molar-refractivity contribution in [3.8, 4) is 0 Å². The zero-order valence-electron chi connectivity index (χ0n) is 9.05. The molecule has 1 heteroatoms. The van der Waals surface area contributed by atoms with Gasteiger partial charge in [0.25, 0.3) is 0 Å². The van der Waals surface area contributed by atoms with E-state index >= 15 is 0 Å². The van der Waals surface area contributed by atoms with Crippen LogP contribution in [0.25, 0.3) is 0 Å². The molecule has 2 rings (SSSR count). The van der Waals surface area contributed by atoms with Crippen molar-refractivity contribution in [2.45, 2.75) is 64.5 Å². The molecule has 0 aliphatic heterocycles. The van der Waals surface area contributed by atoms with Gasteiger partial charge in [-0.05, 0) is 38.0 Å². The van der Waals surface area contributed by atoms with Gasteiger partial charge in [-0.2, -0.15) is 0 Å². The Balaban J connectivity index is 1.56. The van der Waals surface area contributed by atoms with Crippen molar-refractivity contribution in [3.63, 3.8) is 0 Å². The van der Waals surface area contributed by atoms with Gasteiger partial charge in [-0.3, -0.25) is 0 Å². The van der Waals surface area contributed by atoms with Gasteiger partial charge in [0.15, 0.2) is 0 Å². The molecule has 0 aromatic heterocycles. The lowest BCUT2D eigenvalue weighted by Crippen LogP contribution is -2.29. The Morgan fingerprint density at radius 3 is 2.77 bits per heavy atom. The van der Waals surface area contributed by atoms with Crippen molar-refractivity contribution >= 4 is 0 Å². The summed E-state index contributed by atoms with van der Waals surface area (Å²) < 4.78 is 0. The lowest BCUT2D eigenvalue weighted by atomic mass is 10.1. The normalized spacial score (nSPS) is 34.6. The molecule has 3 atom stereocenters. The van der Waals surface area contributed by atoms with Gasteiger partial charge in [0.2, 0.25) is 0 Å². The van der Waals surface area contributed by atoms with Crippen LogP contribution in [0.1, 0.15) is 52.4 Å². The van der Waals surface area contributed by atoms with Crippen LogP contribution in [0.3, 0.4) is 0 Å². The van der Waals surface area contributed by atoms with E-state index in [4.69, 9.17) is 0 Å². The highest BCUT2D eigenvalue weighted by Gasteiger charge is 2.37. The third kappa shape index (κ3) is 2.98. The molecule has 1 nitrogen and oxygen atoms in total. The molecule has 76 valence electrons. The Morgan fingerprint density at radius 1 is 1.38 bits per heavy atom. The second-order valence-corrected chi connectivity index (χ2v) is 5.14. The van der Waals surface area contributed by atoms with Gasteiger partial charge in [0.1, 0.15) is 0 Å². The quantitative estimate of drug-likeness (QED) is 0.664. The van der Waals surface area contributed by atoms with Crippen LogP contribution in [0.5, 0.6) is 0 Å². The predicted molar refractivity (Wildman–Crippen MR) is 56.7 cm³/mol.